The molecule has 1 heterocycles. The fourth-order valence-electron chi connectivity index (χ4n) is 1.29. The molecule has 0 unspecified atom stereocenters. The first-order valence-electron chi connectivity index (χ1n) is 4.58. The Balaban J connectivity index is 2.21. The van der Waals surface area contributed by atoms with E-state index in [1.54, 1.807) is 4.68 Å². The van der Waals surface area contributed by atoms with Crippen molar-refractivity contribution in [3.63, 3.8) is 0 Å². The lowest BCUT2D eigenvalue weighted by atomic mass is 10.2. The van der Waals surface area contributed by atoms with E-state index in [1.165, 1.54) is 7.11 Å². The van der Waals surface area contributed by atoms with Crippen LogP contribution in [0.15, 0.2) is 30.3 Å². The van der Waals surface area contributed by atoms with Crippen LogP contribution in [0.1, 0.15) is 5.56 Å². The first kappa shape index (κ1) is 9.51. The second-order valence-electron chi connectivity index (χ2n) is 3.10. The van der Waals surface area contributed by atoms with Crippen molar-refractivity contribution in [1.82, 2.24) is 14.8 Å². The molecule has 15 heavy (non-hydrogen) atoms. The predicted octanol–water partition coefficient (Wildman–Crippen LogP) is 0.917. The summed E-state index contributed by atoms with van der Waals surface area (Å²) < 4.78 is 6.50. The van der Waals surface area contributed by atoms with E-state index in [2.05, 4.69) is 10.1 Å². The van der Waals surface area contributed by atoms with Crippen LogP contribution in [0.4, 0.5) is 5.95 Å². The molecule has 0 aliphatic heterocycles. The monoisotopic (exact) mass is 204 g/mol. The van der Waals surface area contributed by atoms with Gasteiger partial charge < -0.3 is 10.5 Å². The second-order valence-corrected chi connectivity index (χ2v) is 3.10. The first-order chi connectivity index (χ1) is 7.29. The summed E-state index contributed by atoms with van der Waals surface area (Å²) in [7, 11) is 1.52. The third-order valence-corrected chi connectivity index (χ3v) is 2.04. The molecule has 0 radical (unpaired) electrons. The molecule has 1 aromatic heterocycles. The van der Waals surface area contributed by atoms with Crippen LogP contribution in [0, 0.1) is 0 Å². The van der Waals surface area contributed by atoms with Gasteiger partial charge in [-0.3, -0.25) is 0 Å². The zero-order valence-electron chi connectivity index (χ0n) is 8.42. The molecular formula is C10H12N4O. The Bertz CT molecular complexity index is 438. The average molecular weight is 204 g/mol. The number of anilines is 1. The third kappa shape index (κ3) is 2.07. The molecule has 2 rings (SSSR count). The SMILES string of the molecule is COc1nc(N)n(Cc2ccccc2)n1. The van der Waals surface area contributed by atoms with Crippen molar-refractivity contribution in [3.8, 4) is 6.01 Å². The molecule has 2 N–H and O–H groups in total. The Labute approximate surface area is 87.5 Å². The smallest absolute Gasteiger partial charge is 0.337 e. The van der Waals surface area contributed by atoms with Gasteiger partial charge in [0.15, 0.2) is 0 Å². The number of hydrogen-bond donors (Lipinski definition) is 1. The van der Waals surface area contributed by atoms with Gasteiger partial charge in [-0.15, -0.1) is 5.10 Å². The fourth-order valence-corrected chi connectivity index (χ4v) is 1.29. The largest absolute Gasteiger partial charge is 0.466 e. The van der Waals surface area contributed by atoms with Gasteiger partial charge in [0.25, 0.3) is 0 Å². The molecule has 0 aliphatic carbocycles. The number of rotatable bonds is 3. The zero-order valence-corrected chi connectivity index (χ0v) is 8.42. The van der Waals surface area contributed by atoms with Gasteiger partial charge in [0.1, 0.15) is 0 Å². The van der Waals surface area contributed by atoms with Gasteiger partial charge in [0.05, 0.1) is 13.7 Å². The Hall–Kier alpha value is -2.04. The molecule has 0 bridgehead atoms. The maximum absolute atomic E-state index is 5.67. The minimum atomic E-state index is 0.295. The van der Waals surface area contributed by atoms with Gasteiger partial charge in [0.2, 0.25) is 5.95 Å². The van der Waals surface area contributed by atoms with Crippen molar-refractivity contribution in [2.24, 2.45) is 0 Å². The van der Waals surface area contributed by atoms with Gasteiger partial charge in [-0.05, 0) is 5.56 Å². The van der Waals surface area contributed by atoms with Gasteiger partial charge in [-0.2, -0.15) is 4.98 Å². The average Bonchev–Trinajstić information content (AvgIpc) is 2.61. The summed E-state index contributed by atoms with van der Waals surface area (Å²) in [4.78, 5) is 3.93. The third-order valence-electron chi connectivity index (χ3n) is 2.04. The number of nitrogens with zero attached hydrogens (tertiary/aromatic N) is 3. The van der Waals surface area contributed by atoms with E-state index < -0.39 is 0 Å². The molecule has 0 saturated carbocycles. The molecular weight excluding hydrogens is 192 g/mol. The Kier molecular flexibility index (Phi) is 2.53. The molecule has 0 saturated heterocycles. The van der Waals surface area contributed by atoms with Gasteiger partial charge in [-0.25, -0.2) is 4.68 Å². The lowest BCUT2D eigenvalue weighted by molar-refractivity contribution is 0.377. The van der Waals surface area contributed by atoms with E-state index in [0.717, 1.165) is 5.56 Å². The number of ether oxygens (including phenoxy) is 1. The Morgan fingerprint density at radius 1 is 1.33 bits per heavy atom. The van der Waals surface area contributed by atoms with Crippen molar-refractivity contribution in [2.45, 2.75) is 6.54 Å². The standard InChI is InChI=1S/C10H12N4O/c1-15-10-12-9(11)14(13-10)7-8-5-3-2-4-6-8/h2-6H,7H2,1H3,(H2,11,12,13). The molecule has 0 spiro atoms. The van der Waals surface area contributed by atoms with Crippen LogP contribution in [-0.2, 0) is 6.54 Å². The molecule has 78 valence electrons. The minimum Gasteiger partial charge on any atom is -0.466 e. The summed E-state index contributed by atoms with van der Waals surface area (Å²) in [5, 5.41) is 4.08. The normalized spacial score (nSPS) is 10.2. The fraction of sp³-hybridized carbons (Fsp3) is 0.200. The minimum absolute atomic E-state index is 0.295. The highest BCUT2D eigenvalue weighted by Gasteiger charge is 2.06. The molecule has 0 aliphatic rings. The number of benzene rings is 1. The topological polar surface area (TPSA) is 66.0 Å². The summed E-state index contributed by atoms with van der Waals surface area (Å²) in [5.74, 6) is 0.357. The number of nitrogens with two attached hydrogens (primary N) is 1. The van der Waals surface area contributed by atoms with E-state index in [4.69, 9.17) is 10.5 Å². The van der Waals surface area contributed by atoms with Crippen LogP contribution in [0.2, 0.25) is 0 Å². The van der Waals surface area contributed by atoms with E-state index in [1.807, 2.05) is 30.3 Å². The van der Waals surface area contributed by atoms with Crippen molar-refractivity contribution in [1.29, 1.82) is 0 Å². The van der Waals surface area contributed by atoms with Crippen molar-refractivity contribution in [3.05, 3.63) is 35.9 Å². The van der Waals surface area contributed by atoms with Crippen LogP contribution >= 0.6 is 0 Å². The number of hydrogen-bond acceptors (Lipinski definition) is 4. The molecule has 0 amide bonds. The quantitative estimate of drug-likeness (QED) is 0.807. The summed E-state index contributed by atoms with van der Waals surface area (Å²) in [5.41, 5.74) is 6.80. The van der Waals surface area contributed by atoms with E-state index in [0.29, 0.717) is 18.5 Å². The maximum atomic E-state index is 5.67. The van der Waals surface area contributed by atoms with Gasteiger partial charge in [-0.1, -0.05) is 30.3 Å². The summed E-state index contributed by atoms with van der Waals surface area (Å²) in [6.45, 7) is 0.600. The van der Waals surface area contributed by atoms with Crippen molar-refractivity contribution < 1.29 is 4.74 Å². The van der Waals surface area contributed by atoms with Crippen LogP contribution < -0.4 is 10.5 Å². The van der Waals surface area contributed by atoms with E-state index in [9.17, 15) is 0 Å². The van der Waals surface area contributed by atoms with Crippen molar-refractivity contribution in [2.75, 3.05) is 12.8 Å². The molecule has 5 nitrogen and oxygen atoms in total. The highest BCUT2D eigenvalue weighted by atomic mass is 16.5. The van der Waals surface area contributed by atoms with Gasteiger partial charge in [0, 0.05) is 0 Å². The summed E-state index contributed by atoms with van der Waals surface area (Å²) >= 11 is 0. The second kappa shape index (κ2) is 4.00. The van der Waals surface area contributed by atoms with Crippen LogP contribution in [0.5, 0.6) is 6.01 Å². The number of methoxy groups -OCH3 is 1. The highest BCUT2D eigenvalue weighted by molar-refractivity contribution is 5.22. The van der Waals surface area contributed by atoms with Crippen LogP contribution in [-0.4, -0.2) is 21.9 Å². The van der Waals surface area contributed by atoms with Crippen molar-refractivity contribution >= 4 is 5.95 Å². The highest BCUT2D eigenvalue weighted by Crippen LogP contribution is 2.09. The Morgan fingerprint density at radius 3 is 2.67 bits per heavy atom. The lowest BCUT2D eigenvalue weighted by Gasteiger charge is -2.01. The molecule has 0 atom stereocenters. The maximum Gasteiger partial charge on any atom is 0.337 e. The molecule has 2 aromatic rings. The molecule has 0 fully saturated rings. The summed E-state index contributed by atoms with van der Waals surface area (Å²) in [6, 6.07) is 10.2. The van der Waals surface area contributed by atoms with Gasteiger partial charge >= 0.3 is 6.01 Å². The number of nitrogen functional groups attached to an aromatic ring is 1. The molecule has 1 aromatic carbocycles. The van der Waals surface area contributed by atoms with Crippen LogP contribution in [0.25, 0.3) is 0 Å². The van der Waals surface area contributed by atoms with E-state index in [-0.39, 0.29) is 0 Å². The lowest BCUT2D eigenvalue weighted by Crippen LogP contribution is -2.06. The zero-order chi connectivity index (χ0) is 10.7. The first-order valence-corrected chi connectivity index (χ1v) is 4.58. The molecule has 5 heteroatoms. The number of aromatic nitrogens is 3. The predicted molar refractivity (Wildman–Crippen MR) is 56.5 cm³/mol. The summed E-state index contributed by atoms with van der Waals surface area (Å²) in [6.07, 6.45) is 0. The van der Waals surface area contributed by atoms with Crippen LogP contribution in [0.3, 0.4) is 0 Å². The van der Waals surface area contributed by atoms with E-state index >= 15 is 0 Å². The Morgan fingerprint density at radius 2 is 2.07 bits per heavy atom.